The number of nitrogens with zero attached hydrogens (tertiary/aromatic N) is 5. The maximum Gasteiger partial charge on any atom is 0.237 e. The quantitative estimate of drug-likeness (QED) is 0.268. The van der Waals surface area contributed by atoms with Crippen LogP contribution < -0.4 is 4.90 Å². The highest BCUT2D eigenvalue weighted by molar-refractivity contribution is 7.99. The number of aryl methyl sites for hydroxylation is 3. The lowest BCUT2D eigenvalue weighted by atomic mass is 9.97. The lowest BCUT2D eigenvalue weighted by Gasteiger charge is -2.29. The molecule has 0 unspecified atom stereocenters. The molecule has 186 valence electrons. The number of carbonyl (C=O) groups excluding carboxylic acids is 1. The van der Waals surface area contributed by atoms with Gasteiger partial charge in [-0.3, -0.25) is 9.20 Å². The Labute approximate surface area is 223 Å². The molecule has 2 aromatic carbocycles. The van der Waals surface area contributed by atoms with Crippen LogP contribution in [0.5, 0.6) is 0 Å². The first kappa shape index (κ1) is 22.9. The van der Waals surface area contributed by atoms with E-state index in [9.17, 15) is 4.79 Å². The van der Waals surface area contributed by atoms with E-state index >= 15 is 0 Å². The highest BCUT2D eigenvalue weighted by Gasteiger charge is 2.26. The van der Waals surface area contributed by atoms with E-state index < -0.39 is 0 Å². The minimum absolute atomic E-state index is 0.112. The van der Waals surface area contributed by atoms with Crippen LogP contribution in [-0.2, 0) is 30.5 Å². The van der Waals surface area contributed by atoms with E-state index in [0.29, 0.717) is 12.2 Å². The van der Waals surface area contributed by atoms with E-state index in [4.69, 9.17) is 4.98 Å². The standard InChI is InChI=1S/C29H27N5OS2/c35-25(33-16-8-12-20-11-4-6-14-22(20)33)18-36-29-32-31-27-26-21-13-5-7-15-23(21)37-28(26)30-24(34(27)29)17-19-9-2-1-3-10-19/h1-4,6,9-11,14H,5,7-8,12-13,15-18H2. The number of thiophene rings is 1. The molecule has 0 fully saturated rings. The van der Waals surface area contributed by atoms with Crippen LogP contribution in [0.15, 0.2) is 59.8 Å². The molecule has 4 heterocycles. The van der Waals surface area contributed by atoms with Crippen LogP contribution in [-0.4, -0.2) is 37.8 Å². The van der Waals surface area contributed by atoms with Crippen molar-refractivity contribution in [2.24, 2.45) is 0 Å². The second-order valence-corrected chi connectivity index (χ2v) is 11.8. The average molecular weight is 526 g/mol. The van der Waals surface area contributed by atoms with E-state index in [2.05, 4.69) is 57.1 Å². The van der Waals surface area contributed by atoms with Crippen LogP contribution >= 0.6 is 23.1 Å². The molecule has 37 heavy (non-hydrogen) atoms. The van der Waals surface area contributed by atoms with Gasteiger partial charge < -0.3 is 4.90 Å². The van der Waals surface area contributed by atoms with Crippen LogP contribution in [0.25, 0.3) is 15.9 Å². The van der Waals surface area contributed by atoms with Crippen LogP contribution in [0.4, 0.5) is 5.69 Å². The second-order valence-electron chi connectivity index (χ2n) is 9.79. The molecule has 7 rings (SSSR count). The van der Waals surface area contributed by atoms with Gasteiger partial charge in [-0.25, -0.2) is 4.98 Å². The van der Waals surface area contributed by atoms with Crippen molar-refractivity contribution in [3.05, 3.63) is 82.0 Å². The van der Waals surface area contributed by atoms with Crippen LogP contribution in [0, 0.1) is 0 Å². The van der Waals surface area contributed by atoms with Crippen molar-refractivity contribution in [3.8, 4) is 0 Å². The Hall–Kier alpha value is -3.23. The molecule has 0 atom stereocenters. The predicted octanol–water partition coefficient (Wildman–Crippen LogP) is 5.88. The molecular weight excluding hydrogens is 498 g/mol. The third-order valence-corrected chi connectivity index (χ3v) is 9.54. The zero-order valence-electron chi connectivity index (χ0n) is 20.5. The van der Waals surface area contributed by atoms with E-state index in [-0.39, 0.29) is 5.91 Å². The van der Waals surface area contributed by atoms with E-state index in [1.54, 1.807) is 0 Å². The van der Waals surface area contributed by atoms with Crippen molar-refractivity contribution in [1.29, 1.82) is 0 Å². The Balaban J connectivity index is 1.27. The molecule has 0 saturated heterocycles. The van der Waals surface area contributed by atoms with Crippen molar-refractivity contribution >= 4 is 50.6 Å². The maximum absolute atomic E-state index is 13.4. The first-order valence-corrected chi connectivity index (χ1v) is 14.8. The van der Waals surface area contributed by atoms with Crippen molar-refractivity contribution < 1.29 is 4.79 Å². The van der Waals surface area contributed by atoms with Gasteiger partial charge in [0.2, 0.25) is 5.91 Å². The van der Waals surface area contributed by atoms with Gasteiger partial charge in [0.1, 0.15) is 10.7 Å². The fraction of sp³-hybridized carbons (Fsp3) is 0.310. The Morgan fingerprint density at radius 2 is 1.78 bits per heavy atom. The van der Waals surface area contributed by atoms with Gasteiger partial charge in [0.15, 0.2) is 10.8 Å². The normalized spacial score (nSPS) is 15.2. The average Bonchev–Trinajstić information content (AvgIpc) is 3.53. The van der Waals surface area contributed by atoms with Crippen LogP contribution in [0.2, 0.25) is 0 Å². The minimum Gasteiger partial charge on any atom is -0.311 e. The SMILES string of the molecule is O=C(CSc1nnc2c3c4c(sc3nc(Cc3ccccc3)n12)CCCC4)N1CCCc2ccccc21. The molecule has 8 heteroatoms. The number of thioether (sulfide) groups is 1. The molecule has 0 radical (unpaired) electrons. The van der Waals surface area contributed by atoms with E-state index in [1.807, 2.05) is 28.4 Å². The minimum atomic E-state index is 0.112. The Morgan fingerprint density at radius 1 is 0.946 bits per heavy atom. The monoisotopic (exact) mass is 525 g/mol. The summed E-state index contributed by atoms with van der Waals surface area (Å²) in [5, 5.41) is 11.2. The fourth-order valence-corrected chi connectivity index (χ4v) is 7.78. The topological polar surface area (TPSA) is 63.4 Å². The number of rotatable bonds is 5. The molecule has 0 saturated carbocycles. The Bertz CT molecular complexity index is 1620. The smallest absolute Gasteiger partial charge is 0.237 e. The highest BCUT2D eigenvalue weighted by atomic mass is 32.2. The zero-order chi connectivity index (χ0) is 24.8. The number of hydrogen-bond acceptors (Lipinski definition) is 6. The first-order chi connectivity index (χ1) is 18.3. The number of benzene rings is 2. The molecule has 2 aliphatic rings. The Morgan fingerprint density at radius 3 is 2.70 bits per heavy atom. The summed E-state index contributed by atoms with van der Waals surface area (Å²) in [7, 11) is 0. The number of para-hydroxylation sites is 1. The van der Waals surface area contributed by atoms with Crippen molar-refractivity contribution in [2.45, 2.75) is 50.1 Å². The second kappa shape index (κ2) is 9.58. The summed E-state index contributed by atoms with van der Waals surface area (Å²) in [4.78, 5) is 23.0. The van der Waals surface area contributed by atoms with Gasteiger partial charge in [-0.1, -0.05) is 60.3 Å². The lowest BCUT2D eigenvalue weighted by Crippen LogP contribution is -2.36. The van der Waals surface area contributed by atoms with E-state index in [0.717, 1.165) is 64.8 Å². The molecule has 6 nitrogen and oxygen atoms in total. The summed E-state index contributed by atoms with van der Waals surface area (Å²) in [6.07, 6.45) is 7.35. The van der Waals surface area contributed by atoms with Crippen LogP contribution in [0.1, 0.15) is 46.7 Å². The van der Waals surface area contributed by atoms with Gasteiger partial charge in [0.05, 0.1) is 11.1 Å². The summed E-state index contributed by atoms with van der Waals surface area (Å²) >= 11 is 3.29. The van der Waals surface area contributed by atoms with Gasteiger partial charge in [-0.15, -0.1) is 21.5 Å². The summed E-state index contributed by atoms with van der Waals surface area (Å²) in [6, 6.07) is 18.7. The number of aromatic nitrogens is 4. The summed E-state index contributed by atoms with van der Waals surface area (Å²) < 4.78 is 2.11. The summed E-state index contributed by atoms with van der Waals surface area (Å²) in [6.45, 7) is 0.763. The van der Waals surface area contributed by atoms with Gasteiger partial charge in [-0.2, -0.15) is 0 Å². The zero-order valence-corrected chi connectivity index (χ0v) is 22.2. The molecule has 3 aromatic heterocycles. The van der Waals surface area contributed by atoms with Gasteiger partial charge in [0.25, 0.3) is 0 Å². The largest absolute Gasteiger partial charge is 0.311 e. The fourth-order valence-electron chi connectivity index (χ4n) is 5.68. The predicted molar refractivity (Wildman–Crippen MR) is 150 cm³/mol. The highest BCUT2D eigenvalue weighted by Crippen LogP contribution is 2.38. The number of amides is 1. The van der Waals surface area contributed by atoms with Gasteiger partial charge in [-0.05, 0) is 61.3 Å². The van der Waals surface area contributed by atoms with Gasteiger partial charge >= 0.3 is 0 Å². The lowest BCUT2D eigenvalue weighted by molar-refractivity contribution is -0.116. The van der Waals surface area contributed by atoms with Crippen LogP contribution in [0.3, 0.4) is 0 Å². The number of carbonyl (C=O) groups is 1. The molecule has 1 aliphatic carbocycles. The third-order valence-electron chi connectivity index (χ3n) is 7.44. The number of hydrogen-bond donors (Lipinski definition) is 0. The van der Waals surface area contributed by atoms with Crippen molar-refractivity contribution in [3.63, 3.8) is 0 Å². The first-order valence-electron chi connectivity index (χ1n) is 13.0. The third kappa shape index (κ3) is 4.12. The maximum atomic E-state index is 13.4. The molecule has 5 aromatic rings. The molecule has 1 aliphatic heterocycles. The number of fused-ring (bicyclic) bond motifs is 6. The molecule has 0 bridgehead atoms. The molecule has 0 spiro atoms. The Kier molecular flexibility index (Phi) is 5.93. The van der Waals surface area contributed by atoms with E-state index in [1.165, 1.54) is 46.2 Å². The van der Waals surface area contributed by atoms with Crippen molar-refractivity contribution in [2.75, 3.05) is 17.2 Å². The van der Waals surface area contributed by atoms with Crippen molar-refractivity contribution in [1.82, 2.24) is 19.6 Å². The molecular formula is C29H27N5OS2. The van der Waals surface area contributed by atoms with Gasteiger partial charge in [0, 0.05) is 23.5 Å². The molecule has 0 N–H and O–H groups in total. The summed E-state index contributed by atoms with van der Waals surface area (Å²) in [5.74, 6) is 1.36. The molecule has 1 amide bonds. The number of anilines is 1. The summed E-state index contributed by atoms with van der Waals surface area (Å²) in [5.41, 5.74) is 5.78.